The molecule has 0 aromatic carbocycles. The molecule has 0 spiro atoms. The van der Waals surface area contributed by atoms with Gasteiger partial charge in [0.1, 0.15) is 12.5 Å². The Bertz CT molecular complexity index is 216. The van der Waals surface area contributed by atoms with Crippen LogP contribution in [0.1, 0.15) is 5.82 Å². The lowest BCUT2D eigenvalue weighted by Gasteiger charge is -1.78. The van der Waals surface area contributed by atoms with Crippen molar-refractivity contribution in [1.82, 2.24) is 14.8 Å². The minimum absolute atomic E-state index is 0.403. The van der Waals surface area contributed by atoms with Gasteiger partial charge in [-0.3, -0.25) is 4.68 Å². The molecule has 5 heteroatoms. The third-order valence-electron chi connectivity index (χ3n) is 0.791. The van der Waals surface area contributed by atoms with Crippen LogP contribution in [0.25, 0.3) is 0 Å². The first kappa shape index (κ1) is 5.74. The summed E-state index contributed by atoms with van der Waals surface area (Å²) in [7, 11) is 1.74. The van der Waals surface area contributed by atoms with Gasteiger partial charge in [0.05, 0.1) is 0 Å². The van der Waals surface area contributed by atoms with Crippen molar-refractivity contribution in [1.29, 1.82) is 0 Å². The normalized spacial score (nSPS) is 10.8. The molecule has 0 fully saturated rings. The zero-order valence-corrected chi connectivity index (χ0v) is 4.89. The van der Waals surface area contributed by atoms with E-state index in [4.69, 9.17) is 5.21 Å². The fourth-order valence-corrected chi connectivity index (χ4v) is 0.467. The maximum absolute atomic E-state index is 8.01. The summed E-state index contributed by atoms with van der Waals surface area (Å²) in [5.41, 5.74) is 0. The van der Waals surface area contributed by atoms with Crippen molar-refractivity contribution in [3.8, 4) is 0 Å². The van der Waals surface area contributed by atoms with Gasteiger partial charge in [-0.1, -0.05) is 5.16 Å². The summed E-state index contributed by atoms with van der Waals surface area (Å²) in [5.74, 6) is 0.403. The van der Waals surface area contributed by atoms with Crippen molar-refractivity contribution < 1.29 is 5.21 Å². The standard InChI is InChI=1S/C4H6N4O/c1-8-3-5-4(7-8)2-6-9/h2-3,9H,1H3/b6-2-. The van der Waals surface area contributed by atoms with E-state index in [9.17, 15) is 0 Å². The number of nitrogens with zero attached hydrogens (tertiary/aromatic N) is 4. The monoisotopic (exact) mass is 126 g/mol. The van der Waals surface area contributed by atoms with Gasteiger partial charge in [-0.25, -0.2) is 4.98 Å². The molecule has 0 unspecified atom stereocenters. The molecule has 0 aliphatic rings. The highest BCUT2D eigenvalue weighted by molar-refractivity contribution is 5.73. The molecule has 0 atom stereocenters. The van der Waals surface area contributed by atoms with Crippen molar-refractivity contribution in [2.45, 2.75) is 0 Å². The molecule has 0 saturated heterocycles. The SMILES string of the molecule is Cn1cnc(/C=N\O)n1. The van der Waals surface area contributed by atoms with E-state index in [1.54, 1.807) is 7.05 Å². The molecular formula is C4H6N4O. The lowest BCUT2D eigenvalue weighted by atomic mass is 10.7. The summed E-state index contributed by atoms with van der Waals surface area (Å²) in [6, 6.07) is 0. The van der Waals surface area contributed by atoms with E-state index in [1.807, 2.05) is 0 Å². The minimum Gasteiger partial charge on any atom is -0.411 e. The van der Waals surface area contributed by atoms with E-state index in [2.05, 4.69) is 15.2 Å². The summed E-state index contributed by atoms with van der Waals surface area (Å²) in [6.07, 6.45) is 2.69. The third kappa shape index (κ3) is 1.25. The van der Waals surface area contributed by atoms with Crippen LogP contribution in [0.3, 0.4) is 0 Å². The van der Waals surface area contributed by atoms with Crippen LogP contribution in [0.2, 0.25) is 0 Å². The molecule has 0 aliphatic carbocycles. The molecule has 5 nitrogen and oxygen atoms in total. The molecule has 0 radical (unpaired) electrons. The maximum atomic E-state index is 8.01. The number of hydrogen-bond acceptors (Lipinski definition) is 4. The average molecular weight is 126 g/mol. The third-order valence-corrected chi connectivity index (χ3v) is 0.791. The van der Waals surface area contributed by atoms with Gasteiger partial charge < -0.3 is 5.21 Å². The van der Waals surface area contributed by atoms with Gasteiger partial charge in [0.15, 0.2) is 5.82 Å². The summed E-state index contributed by atoms with van der Waals surface area (Å²) < 4.78 is 1.52. The van der Waals surface area contributed by atoms with E-state index >= 15 is 0 Å². The van der Waals surface area contributed by atoms with Crippen LogP contribution in [0, 0.1) is 0 Å². The molecule has 9 heavy (non-hydrogen) atoms. The van der Waals surface area contributed by atoms with Crippen molar-refractivity contribution in [3.05, 3.63) is 12.2 Å². The fourth-order valence-electron chi connectivity index (χ4n) is 0.467. The molecule has 1 aromatic rings. The Morgan fingerprint density at radius 2 is 2.67 bits per heavy atom. The molecular weight excluding hydrogens is 120 g/mol. The molecule has 0 bridgehead atoms. The zero-order chi connectivity index (χ0) is 6.69. The Morgan fingerprint density at radius 3 is 3.11 bits per heavy atom. The van der Waals surface area contributed by atoms with Crippen LogP contribution >= 0.6 is 0 Å². The molecule has 48 valence electrons. The number of oxime groups is 1. The first-order valence-electron chi connectivity index (χ1n) is 2.36. The lowest BCUT2D eigenvalue weighted by molar-refractivity contribution is 0.321. The van der Waals surface area contributed by atoms with Crippen LogP contribution < -0.4 is 0 Å². The molecule has 1 heterocycles. The Hall–Kier alpha value is -1.39. The predicted octanol–water partition coefficient (Wildman–Crippen LogP) is -0.377. The Kier molecular flexibility index (Phi) is 1.44. The first-order valence-corrected chi connectivity index (χ1v) is 2.36. The minimum atomic E-state index is 0.403. The van der Waals surface area contributed by atoms with Gasteiger partial charge in [-0.2, -0.15) is 5.10 Å². The zero-order valence-electron chi connectivity index (χ0n) is 4.89. The topological polar surface area (TPSA) is 63.3 Å². The van der Waals surface area contributed by atoms with Crippen LogP contribution in [-0.4, -0.2) is 26.2 Å². The van der Waals surface area contributed by atoms with Crippen LogP contribution in [0.5, 0.6) is 0 Å². The highest BCUT2D eigenvalue weighted by Gasteiger charge is 1.90. The van der Waals surface area contributed by atoms with Gasteiger partial charge in [-0.05, 0) is 0 Å². The number of rotatable bonds is 1. The smallest absolute Gasteiger partial charge is 0.195 e. The first-order chi connectivity index (χ1) is 4.33. The number of aromatic nitrogens is 3. The van der Waals surface area contributed by atoms with Gasteiger partial charge >= 0.3 is 0 Å². The Balaban J connectivity index is 2.85. The van der Waals surface area contributed by atoms with Crippen LogP contribution in [0.15, 0.2) is 11.5 Å². The molecule has 1 rings (SSSR count). The van der Waals surface area contributed by atoms with Crippen molar-refractivity contribution in [2.75, 3.05) is 0 Å². The highest BCUT2D eigenvalue weighted by Crippen LogP contribution is 1.80. The summed E-state index contributed by atoms with van der Waals surface area (Å²) in [5, 5.41) is 14.6. The summed E-state index contributed by atoms with van der Waals surface area (Å²) >= 11 is 0. The quantitative estimate of drug-likeness (QED) is 0.317. The van der Waals surface area contributed by atoms with Gasteiger partial charge in [0.2, 0.25) is 0 Å². The van der Waals surface area contributed by atoms with Gasteiger partial charge in [0, 0.05) is 7.05 Å². The predicted molar refractivity (Wildman–Crippen MR) is 30.4 cm³/mol. The van der Waals surface area contributed by atoms with E-state index in [0.717, 1.165) is 0 Å². The Labute approximate surface area is 51.6 Å². The maximum Gasteiger partial charge on any atom is 0.195 e. The fraction of sp³-hybridized carbons (Fsp3) is 0.250. The summed E-state index contributed by atoms with van der Waals surface area (Å²) in [6.45, 7) is 0. The van der Waals surface area contributed by atoms with Gasteiger partial charge in [-0.15, -0.1) is 0 Å². The van der Waals surface area contributed by atoms with Gasteiger partial charge in [0.25, 0.3) is 0 Å². The Morgan fingerprint density at radius 1 is 1.89 bits per heavy atom. The average Bonchev–Trinajstić information content (AvgIpc) is 2.17. The van der Waals surface area contributed by atoms with E-state index in [1.165, 1.54) is 17.2 Å². The molecule has 1 N–H and O–H groups in total. The second-order valence-corrected chi connectivity index (χ2v) is 1.52. The molecule has 0 aliphatic heterocycles. The molecule has 1 aromatic heterocycles. The largest absolute Gasteiger partial charge is 0.411 e. The van der Waals surface area contributed by atoms with Crippen LogP contribution in [0.4, 0.5) is 0 Å². The van der Waals surface area contributed by atoms with E-state index in [0.29, 0.717) is 5.82 Å². The van der Waals surface area contributed by atoms with Crippen molar-refractivity contribution >= 4 is 6.21 Å². The van der Waals surface area contributed by atoms with Crippen molar-refractivity contribution in [3.63, 3.8) is 0 Å². The number of aryl methyl sites for hydroxylation is 1. The van der Waals surface area contributed by atoms with E-state index in [-0.39, 0.29) is 0 Å². The second kappa shape index (κ2) is 2.25. The lowest BCUT2D eigenvalue weighted by Crippen LogP contribution is -1.89. The summed E-state index contributed by atoms with van der Waals surface area (Å²) in [4.78, 5) is 3.75. The second-order valence-electron chi connectivity index (χ2n) is 1.52. The molecule has 0 saturated carbocycles. The van der Waals surface area contributed by atoms with E-state index < -0.39 is 0 Å². The van der Waals surface area contributed by atoms with Crippen LogP contribution in [-0.2, 0) is 7.05 Å². The molecule has 0 amide bonds. The van der Waals surface area contributed by atoms with Crippen molar-refractivity contribution in [2.24, 2.45) is 12.2 Å². The highest BCUT2D eigenvalue weighted by atomic mass is 16.4. The number of hydrogen-bond donors (Lipinski definition) is 1.